The van der Waals surface area contributed by atoms with E-state index in [9.17, 15) is 4.79 Å². The Morgan fingerprint density at radius 2 is 1.24 bits per heavy atom. The van der Waals surface area contributed by atoms with E-state index in [2.05, 4.69) is 23.2 Å². The molecular formula is C12H25BN2O5S. The van der Waals surface area contributed by atoms with E-state index in [-0.39, 0.29) is 11.7 Å². The average Bonchev–Trinajstić information content (AvgIpc) is 2.50. The highest BCUT2D eigenvalue weighted by Gasteiger charge is 1.96. The number of ether oxygens (including phenoxy) is 4. The first-order valence-electron chi connectivity index (χ1n) is 6.93. The van der Waals surface area contributed by atoms with Gasteiger partial charge in [0.1, 0.15) is 0 Å². The number of carbonyl (C=O) groups excluding carboxylic acids is 1. The zero-order valence-electron chi connectivity index (χ0n) is 12.3. The monoisotopic (exact) mass is 320 g/mol. The number of hydrogen-bond acceptors (Lipinski definition) is 7. The van der Waals surface area contributed by atoms with Crippen molar-refractivity contribution in [3.63, 3.8) is 0 Å². The molecule has 0 saturated heterocycles. The zero-order chi connectivity index (χ0) is 15.6. The third kappa shape index (κ3) is 17.6. The van der Waals surface area contributed by atoms with E-state index >= 15 is 0 Å². The number of hydrogen-bond donors (Lipinski definition) is 3. The van der Waals surface area contributed by atoms with Gasteiger partial charge in [-0.1, -0.05) is 0 Å². The molecular weight excluding hydrogens is 295 g/mol. The van der Waals surface area contributed by atoms with Gasteiger partial charge in [0.15, 0.2) is 7.98 Å². The number of nitrogens with one attached hydrogen (secondary N) is 2. The second kappa shape index (κ2) is 17.7. The molecule has 2 N–H and O–H groups in total. The number of amides is 1. The van der Waals surface area contributed by atoms with Gasteiger partial charge >= 0.3 is 0 Å². The van der Waals surface area contributed by atoms with Gasteiger partial charge in [-0.05, 0) is 0 Å². The summed E-state index contributed by atoms with van der Waals surface area (Å²) in [6.45, 7) is 5.27. The van der Waals surface area contributed by atoms with Gasteiger partial charge in [0.05, 0.1) is 58.6 Å². The van der Waals surface area contributed by atoms with Crippen molar-refractivity contribution in [2.75, 3.05) is 71.7 Å². The SMILES string of the molecule is [B]NCCOCCOCCOCCOCCNC(=O)CS. The average molecular weight is 320 g/mol. The molecule has 0 atom stereocenters. The van der Waals surface area contributed by atoms with Crippen molar-refractivity contribution in [1.82, 2.24) is 10.5 Å². The van der Waals surface area contributed by atoms with Crippen molar-refractivity contribution < 1.29 is 23.7 Å². The lowest BCUT2D eigenvalue weighted by atomic mass is 10.4. The van der Waals surface area contributed by atoms with Crippen molar-refractivity contribution in [2.45, 2.75) is 0 Å². The summed E-state index contributed by atoms with van der Waals surface area (Å²) in [5.41, 5.74) is 0. The molecule has 7 nitrogen and oxygen atoms in total. The highest BCUT2D eigenvalue weighted by Crippen LogP contribution is 1.82. The first-order valence-corrected chi connectivity index (χ1v) is 7.56. The van der Waals surface area contributed by atoms with Crippen LogP contribution in [-0.4, -0.2) is 85.6 Å². The van der Waals surface area contributed by atoms with Crippen LogP contribution in [0, 0.1) is 0 Å². The van der Waals surface area contributed by atoms with Crippen LogP contribution in [0.5, 0.6) is 0 Å². The Balaban J connectivity index is 2.98. The van der Waals surface area contributed by atoms with E-state index in [1.807, 2.05) is 0 Å². The predicted molar refractivity (Wildman–Crippen MR) is 83.9 cm³/mol. The molecule has 0 saturated carbocycles. The molecule has 0 heterocycles. The maximum atomic E-state index is 10.8. The highest BCUT2D eigenvalue weighted by molar-refractivity contribution is 7.81. The van der Waals surface area contributed by atoms with Crippen molar-refractivity contribution in [2.24, 2.45) is 0 Å². The van der Waals surface area contributed by atoms with Gasteiger partial charge in [0, 0.05) is 13.1 Å². The van der Waals surface area contributed by atoms with Crippen LogP contribution in [0.4, 0.5) is 0 Å². The van der Waals surface area contributed by atoms with Gasteiger partial charge in [0.25, 0.3) is 0 Å². The van der Waals surface area contributed by atoms with Gasteiger partial charge in [0.2, 0.25) is 5.91 Å². The van der Waals surface area contributed by atoms with Gasteiger partial charge in [-0.2, -0.15) is 12.6 Å². The fourth-order valence-electron chi connectivity index (χ4n) is 1.21. The molecule has 2 radical (unpaired) electrons. The molecule has 122 valence electrons. The van der Waals surface area contributed by atoms with E-state index in [0.717, 1.165) is 0 Å². The topological polar surface area (TPSA) is 78.1 Å². The van der Waals surface area contributed by atoms with Gasteiger partial charge in [-0.15, -0.1) is 0 Å². The van der Waals surface area contributed by atoms with Crippen LogP contribution >= 0.6 is 12.6 Å². The van der Waals surface area contributed by atoms with Crippen LogP contribution < -0.4 is 10.5 Å². The first kappa shape index (κ1) is 20.7. The maximum absolute atomic E-state index is 10.8. The Morgan fingerprint density at radius 1 is 0.810 bits per heavy atom. The molecule has 0 aliphatic heterocycles. The minimum absolute atomic E-state index is 0.0985. The summed E-state index contributed by atoms with van der Waals surface area (Å²) >= 11 is 3.84. The smallest absolute Gasteiger partial charge is 0.229 e. The molecule has 0 bridgehead atoms. The third-order valence-electron chi connectivity index (χ3n) is 2.22. The summed E-state index contributed by atoms with van der Waals surface area (Å²) in [4.78, 5) is 10.8. The Labute approximate surface area is 133 Å². The second-order valence-corrected chi connectivity index (χ2v) is 4.23. The Hall–Kier alpha value is -0.315. The Morgan fingerprint density at radius 3 is 1.67 bits per heavy atom. The van der Waals surface area contributed by atoms with Gasteiger partial charge in [-0.3, -0.25) is 4.79 Å². The summed E-state index contributed by atoms with van der Waals surface area (Å²) in [5.74, 6) is 0.0940. The molecule has 0 aliphatic rings. The largest absolute Gasteiger partial charge is 0.378 e. The van der Waals surface area contributed by atoms with Crippen LogP contribution in [-0.2, 0) is 23.7 Å². The quantitative estimate of drug-likeness (QED) is 0.188. The molecule has 0 rings (SSSR count). The van der Waals surface area contributed by atoms with E-state index in [1.54, 1.807) is 0 Å². The Bertz CT molecular complexity index is 240. The van der Waals surface area contributed by atoms with Crippen LogP contribution in [0.1, 0.15) is 0 Å². The molecule has 21 heavy (non-hydrogen) atoms. The fraction of sp³-hybridized carbons (Fsp3) is 0.917. The summed E-state index contributed by atoms with van der Waals surface area (Å²) in [6, 6.07) is 0. The van der Waals surface area contributed by atoms with Gasteiger partial charge < -0.3 is 29.5 Å². The minimum atomic E-state index is -0.0985. The van der Waals surface area contributed by atoms with Crippen molar-refractivity contribution in [1.29, 1.82) is 0 Å². The van der Waals surface area contributed by atoms with E-state index in [1.165, 1.54) is 0 Å². The normalized spacial score (nSPS) is 10.7. The van der Waals surface area contributed by atoms with Crippen molar-refractivity contribution in [3.8, 4) is 0 Å². The predicted octanol–water partition coefficient (Wildman–Crippen LogP) is -1.23. The maximum Gasteiger partial charge on any atom is 0.229 e. The molecule has 0 fully saturated rings. The van der Waals surface area contributed by atoms with Crippen LogP contribution in [0.15, 0.2) is 0 Å². The van der Waals surface area contributed by atoms with Gasteiger partial charge in [-0.25, -0.2) is 0 Å². The molecule has 0 aromatic rings. The van der Waals surface area contributed by atoms with Crippen LogP contribution in [0.3, 0.4) is 0 Å². The van der Waals surface area contributed by atoms with E-state index in [0.29, 0.717) is 65.9 Å². The number of carbonyl (C=O) groups is 1. The van der Waals surface area contributed by atoms with Crippen LogP contribution in [0.25, 0.3) is 0 Å². The standard InChI is InChI=1S/C12H25BN2O5S/c13-15-2-4-18-6-8-20-10-9-19-7-5-17-3-1-14-12(16)11-21/h15,21H,1-11H2,(H,14,16). The first-order chi connectivity index (χ1) is 10.3. The highest BCUT2D eigenvalue weighted by atomic mass is 32.1. The number of rotatable bonds is 16. The molecule has 0 spiro atoms. The minimum Gasteiger partial charge on any atom is -0.378 e. The number of thiol groups is 1. The third-order valence-corrected chi connectivity index (χ3v) is 2.51. The Kier molecular flexibility index (Phi) is 17.5. The summed E-state index contributed by atoms with van der Waals surface area (Å²) in [6.07, 6.45) is 0. The lowest BCUT2D eigenvalue weighted by Gasteiger charge is -2.07. The molecule has 0 aromatic heterocycles. The molecule has 0 aromatic carbocycles. The lowest BCUT2D eigenvalue weighted by molar-refractivity contribution is -0.118. The second-order valence-electron chi connectivity index (χ2n) is 3.91. The fourth-order valence-corrected chi connectivity index (χ4v) is 1.32. The summed E-state index contributed by atoms with van der Waals surface area (Å²) in [5, 5.41) is 5.15. The lowest BCUT2D eigenvalue weighted by Crippen LogP contribution is -2.28. The van der Waals surface area contributed by atoms with Crippen LogP contribution in [0.2, 0.25) is 0 Å². The van der Waals surface area contributed by atoms with Crippen molar-refractivity contribution in [3.05, 3.63) is 0 Å². The van der Waals surface area contributed by atoms with Crippen molar-refractivity contribution >= 4 is 26.5 Å². The molecule has 0 unspecified atom stereocenters. The molecule has 0 aliphatic carbocycles. The van der Waals surface area contributed by atoms with E-state index < -0.39 is 0 Å². The van der Waals surface area contributed by atoms with E-state index in [4.69, 9.17) is 26.9 Å². The summed E-state index contributed by atoms with van der Waals surface area (Å²) in [7, 11) is 5.09. The molecule has 9 heteroatoms. The summed E-state index contributed by atoms with van der Waals surface area (Å²) < 4.78 is 21.1. The zero-order valence-corrected chi connectivity index (χ0v) is 13.2. The molecule has 1 amide bonds.